The minimum Gasteiger partial charge on any atom is -0.384 e. The fourth-order valence-corrected chi connectivity index (χ4v) is 3.99. The van der Waals surface area contributed by atoms with Crippen LogP contribution in [0.25, 0.3) is 0 Å². The van der Waals surface area contributed by atoms with E-state index in [1.807, 2.05) is 12.1 Å². The molecule has 1 fully saturated rings. The van der Waals surface area contributed by atoms with Crippen molar-refractivity contribution in [2.24, 2.45) is 5.41 Å². The lowest BCUT2D eigenvalue weighted by atomic mass is 10.0. The number of anilines is 1. The summed E-state index contributed by atoms with van der Waals surface area (Å²) in [6.07, 6.45) is 5.45. The van der Waals surface area contributed by atoms with E-state index in [-0.39, 0.29) is 5.41 Å². The lowest BCUT2D eigenvalue weighted by molar-refractivity contribution is 0.449. The van der Waals surface area contributed by atoms with Crippen LogP contribution in [0.4, 0.5) is 5.69 Å². The number of para-hydroxylation sites is 1. The van der Waals surface area contributed by atoms with Crippen LogP contribution in [0.1, 0.15) is 46.0 Å². The van der Waals surface area contributed by atoms with Gasteiger partial charge in [0.05, 0.1) is 5.69 Å². The molecule has 21 heavy (non-hydrogen) atoms. The van der Waals surface area contributed by atoms with Crippen LogP contribution in [0, 0.1) is 5.41 Å². The Hall–Kier alpha value is -1.07. The van der Waals surface area contributed by atoms with Crippen LogP contribution in [0.2, 0.25) is 0 Å². The Labute approximate surface area is 128 Å². The van der Waals surface area contributed by atoms with E-state index in [0.29, 0.717) is 17.1 Å². The van der Waals surface area contributed by atoms with Crippen LogP contribution in [-0.2, 0) is 10.0 Å². The summed E-state index contributed by atoms with van der Waals surface area (Å²) in [6.45, 7) is 5.54. The molecule has 2 N–H and O–H groups in total. The molecule has 0 unspecified atom stereocenters. The molecule has 1 aliphatic rings. The molecular formula is C16H26N2O2S. The second-order valence-electron chi connectivity index (χ2n) is 6.00. The molecule has 0 aliphatic heterocycles. The number of benzene rings is 1. The Morgan fingerprint density at radius 1 is 1.14 bits per heavy atom. The van der Waals surface area contributed by atoms with Crippen molar-refractivity contribution in [3.8, 4) is 0 Å². The number of hydrogen-bond acceptors (Lipinski definition) is 3. The van der Waals surface area contributed by atoms with E-state index in [0.717, 1.165) is 38.6 Å². The quantitative estimate of drug-likeness (QED) is 0.735. The Balaban J connectivity index is 2.09. The zero-order valence-electron chi connectivity index (χ0n) is 13.0. The average molecular weight is 310 g/mol. The smallest absolute Gasteiger partial charge is 0.242 e. The van der Waals surface area contributed by atoms with Crippen LogP contribution in [0.15, 0.2) is 29.2 Å². The van der Waals surface area contributed by atoms with Crippen molar-refractivity contribution in [2.45, 2.75) is 50.8 Å². The maximum Gasteiger partial charge on any atom is 0.242 e. The number of nitrogens with one attached hydrogen (secondary N) is 2. The molecule has 1 aromatic carbocycles. The molecule has 0 heterocycles. The van der Waals surface area contributed by atoms with E-state index in [9.17, 15) is 8.42 Å². The number of sulfonamides is 1. The highest BCUT2D eigenvalue weighted by Crippen LogP contribution is 2.49. The van der Waals surface area contributed by atoms with Crippen molar-refractivity contribution < 1.29 is 8.42 Å². The van der Waals surface area contributed by atoms with Crippen molar-refractivity contribution in [2.75, 3.05) is 18.4 Å². The lowest BCUT2D eigenvalue weighted by Gasteiger charge is -2.17. The lowest BCUT2D eigenvalue weighted by Crippen LogP contribution is -2.30. The molecule has 0 spiro atoms. The summed E-state index contributed by atoms with van der Waals surface area (Å²) in [5.74, 6) is 0. The van der Waals surface area contributed by atoms with Gasteiger partial charge in [0.15, 0.2) is 0 Å². The van der Waals surface area contributed by atoms with Gasteiger partial charge in [-0.3, -0.25) is 0 Å². The van der Waals surface area contributed by atoms with Crippen molar-refractivity contribution in [3.63, 3.8) is 0 Å². The third-order valence-electron chi connectivity index (χ3n) is 4.12. The van der Waals surface area contributed by atoms with Crippen molar-refractivity contribution in [1.29, 1.82) is 0 Å². The predicted molar refractivity (Wildman–Crippen MR) is 87.0 cm³/mol. The van der Waals surface area contributed by atoms with Crippen LogP contribution in [-0.4, -0.2) is 21.5 Å². The Morgan fingerprint density at radius 2 is 1.86 bits per heavy atom. The largest absolute Gasteiger partial charge is 0.384 e. The Kier molecular flexibility index (Phi) is 5.27. The first-order chi connectivity index (χ1) is 10.0. The molecule has 5 heteroatoms. The molecule has 0 saturated heterocycles. The second kappa shape index (κ2) is 6.79. The molecule has 0 aromatic heterocycles. The van der Waals surface area contributed by atoms with Gasteiger partial charge in [0.2, 0.25) is 10.0 Å². The maximum absolute atomic E-state index is 12.5. The first-order valence-electron chi connectivity index (χ1n) is 7.85. The molecule has 0 bridgehead atoms. The van der Waals surface area contributed by atoms with Crippen LogP contribution >= 0.6 is 0 Å². The summed E-state index contributed by atoms with van der Waals surface area (Å²) in [6, 6.07) is 7.12. The third kappa shape index (κ3) is 4.20. The van der Waals surface area contributed by atoms with Crippen LogP contribution in [0.3, 0.4) is 0 Å². The second-order valence-corrected chi connectivity index (χ2v) is 7.73. The summed E-state index contributed by atoms with van der Waals surface area (Å²) in [4.78, 5) is 0.353. The van der Waals surface area contributed by atoms with Gasteiger partial charge in [-0.2, -0.15) is 0 Å². The zero-order chi connectivity index (χ0) is 15.3. The minimum absolute atomic E-state index is 0.216. The summed E-state index contributed by atoms with van der Waals surface area (Å²) in [7, 11) is -3.45. The van der Waals surface area contributed by atoms with E-state index in [4.69, 9.17) is 0 Å². The molecule has 1 saturated carbocycles. The molecule has 4 nitrogen and oxygen atoms in total. The monoisotopic (exact) mass is 310 g/mol. The summed E-state index contributed by atoms with van der Waals surface area (Å²) in [5.41, 5.74) is 0.903. The topological polar surface area (TPSA) is 58.2 Å². The van der Waals surface area contributed by atoms with Gasteiger partial charge in [-0.1, -0.05) is 32.4 Å². The van der Waals surface area contributed by atoms with E-state index < -0.39 is 10.0 Å². The highest BCUT2D eigenvalue weighted by Gasteiger charge is 2.42. The van der Waals surface area contributed by atoms with E-state index >= 15 is 0 Å². The highest BCUT2D eigenvalue weighted by atomic mass is 32.2. The molecular weight excluding hydrogens is 284 g/mol. The maximum atomic E-state index is 12.5. The van der Waals surface area contributed by atoms with Gasteiger partial charge in [-0.05, 0) is 43.2 Å². The summed E-state index contributed by atoms with van der Waals surface area (Å²) >= 11 is 0. The fourth-order valence-electron chi connectivity index (χ4n) is 2.65. The van der Waals surface area contributed by atoms with Gasteiger partial charge >= 0.3 is 0 Å². The van der Waals surface area contributed by atoms with Crippen molar-refractivity contribution in [3.05, 3.63) is 24.3 Å². The summed E-state index contributed by atoms with van der Waals surface area (Å²) in [5, 5.41) is 3.19. The van der Waals surface area contributed by atoms with E-state index in [2.05, 4.69) is 23.9 Å². The normalized spacial score (nSPS) is 16.7. The average Bonchev–Trinajstić information content (AvgIpc) is 3.24. The highest BCUT2D eigenvalue weighted by molar-refractivity contribution is 7.89. The summed E-state index contributed by atoms with van der Waals surface area (Å²) < 4.78 is 27.9. The standard InChI is InChI=1S/C16H26N2O2S/c1-3-9-16(10-11-16)13-18-21(19,20)15-8-6-5-7-14(15)17-12-4-2/h5-8,17-18H,3-4,9-13H2,1-2H3. The molecule has 0 amide bonds. The minimum atomic E-state index is -3.45. The molecule has 0 radical (unpaired) electrons. The van der Waals surface area contributed by atoms with Gasteiger partial charge in [-0.25, -0.2) is 13.1 Å². The third-order valence-corrected chi connectivity index (χ3v) is 5.58. The van der Waals surface area contributed by atoms with Crippen LogP contribution in [0.5, 0.6) is 0 Å². The van der Waals surface area contributed by atoms with E-state index in [1.54, 1.807) is 12.1 Å². The number of hydrogen-bond donors (Lipinski definition) is 2. The first kappa shape index (κ1) is 16.3. The van der Waals surface area contributed by atoms with Gasteiger partial charge in [0, 0.05) is 13.1 Å². The van der Waals surface area contributed by atoms with Gasteiger partial charge in [-0.15, -0.1) is 0 Å². The van der Waals surface area contributed by atoms with Crippen LogP contribution < -0.4 is 10.0 Å². The molecule has 0 atom stereocenters. The Bertz CT molecular complexity index is 565. The van der Waals surface area contributed by atoms with Gasteiger partial charge in [0.1, 0.15) is 4.90 Å². The first-order valence-corrected chi connectivity index (χ1v) is 9.34. The van der Waals surface area contributed by atoms with Crippen molar-refractivity contribution in [1.82, 2.24) is 4.72 Å². The van der Waals surface area contributed by atoms with Crippen molar-refractivity contribution >= 4 is 15.7 Å². The van der Waals surface area contributed by atoms with Gasteiger partial charge in [0.25, 0.3) is 0 Å². The fraction of sp³-hybridized carbons (Fsp3) is 0.625. The number of rotatable bonds is 9. The molecule has 1 aliphatic carbocycles. The molecule has 1 aromatic rings. The Morgan fingerprint density at radius 3 is 2.48 bits per heavy atom. The molecule has 118 valence electrons. The SMILES string of the molecule is CCCNc1ccccc1S(=O)(=O)NCC1(CCC)CC1. The molecule has 2 rings (SSSR count). The van der Waals surface area contributed by atoms with E-state index in [1.165, 1.54) is 0 Å². The van der Waals surface area contributed by atoms with Gasteiger partial charge < -0.3 is 5.32 Å². The predicted octanol–water partition coefficient (Wildman–Crippen LogP) is 3.37. The zero-order valence-corrected chi connectivity index (χ0v) is 13.8.